The summed E-state index contributed by atoms with van der Waals surface area (Å²) in [4.78, 5) is 35.7. The molecule has 0 aliphatic rings. The number of hydrogen-bond acceptors (Lipinski definition) is 4. The molecule has 0 unspecified atom stereocenters. The molecule has 136 valence electrons. The second-order valence-electron chi connectivity index (χ2n) is 6.16. The molecule has 0 radical (unpaired) electrons. The van der Waals surface area contributed by atoms with Crippen molar-refractivity contribution < 1.29 is 19.1 Å². The van der Waals surface area contributed by atoms with Crippen molar-refractivity contribution in [3.05, 3.63) is 70.8 Å². The molecule has 0 atom stereocenters. The van der Waals surface area contributed by atoms with E-state index in [1.165, 1.54) is 0 Å². The molecule has 0 aliphatic heterocycles. The maximum Gasteiger partial charge on any atom is 0.325 e. The fraction of sp³-hybridized carbons (Fsp3) is 0.286. The van der Waals surface area contributed by atoms with E-state index in [9.17, 15) is 14.4 Å². The van der Waals surface area contributed by atoms with E-state index >= 15 is 0 Å². The molecule has 0 saturated heterocycles. The van der Waals surface area contributed by atoms with Crippen molar-refractivity contribution in [2.75, 3.05) is 6.54 Å². The van der Waals surface area contributed by atoms with Crippen molar-refractivity contribution in [2.45, 2.75) is 33.3 Å². The lowest BCUT2D eigenvalue weighted by molar-refractivity contribution is -0.145. The van der Waals surface area contributed by atoms with Crippen molar-refractivity contribution in [3.63, 3.8) is 0 Å². The number of Topliss-reactive ketones (excluding diaryl/α,β-unsaturated/α-hetero) is 1. The SMILES string of the molecule is Cc1ccc(C)c(C(=O)CCC(=O)NCC(=O)OCc2ccccc2)c1. The van der Waals surface area contributed by atoms with Gasteiger partial charge in [-0.3, -0.25) is 14.4 Å². The van der Waals surface area contributed by atoms with Gasteiger partial charge in [0.15, 0.2) is 5.78 Å². The van der Waals surface area contributed by atoms with E-state index in [4.69, 9.17) is 4.74 Å². The monoisotopic (exact) mass is 353 g/mol. The first-order chi connectivity index (χ1) is 12.5. The Morgan fingerprint density at radius 2 is 1.69 bits per heavy atom. The van der Waals surface area contributed by atoms with Crippen LogP contribution in [0.15, 0.2) is 48.5 Å². The molecular weight excluding hydrogens is 330 g/mol. The summed E-state index contributed by atoms with van der Waals surface area (Å²) in [5.41, 5.74) is 3.42. The number of carbonyl (C=O) groups is 3. The average Bonchev–Trinajstić information content (AvgIpc) is 2.65. The minimum atomic E-state index is -0.511. The molecule has 2 aromatic rings. The van der Waals surface area contributed by atoms with Crippen LogP contribution in [-0.2, 0) is 20.9 Å². The van der Waals surface area contributed by atoms with Crippen LogP contribution in [0.1, 0.15) is 39.9 Å². The summed E-state index contributed by atoms with van der Waals surface area (Å²) in [5, 5.41) is 2.49. The number of carbonyl (C=O) groups excluding carboxylic acids is 3. The van der Waals surface area contributed by atoms with E-state index in [2.05, 4.69) is 5.32 Å². The Balaban J connectivity index is 1.70. The van der Waals surface area contributed by atoms with Crippen molar-refractivity contribution in [1.29, 1.82) is 0 Å². The topological polar surface area (TPSA) is 72.5 Å². The minimum absolute atomic E-state index is 0.0399. The number of rotatable bonds is 8. The molecule has 0 aliphatic carbocycles. The second-order valence-corrected chi connectivity index (χ2v) is 6.16. The smallest absolute Gasteiger partial charge is 0.325 e. The summed E-state index contributed by atoms with van der Waals surface area (Å²) in [6, 6.07) is 15.0. The van der Waals surface area contributed by atoms with Gasteiger partial charge in [-0.15, -0.1) is 0 Å². The fourth-order valence-electron chi connectivity index (χ4n) is 2.45. The molecule has 0 fully saturated rings. The van der Waals surface area contributed by atoms with Crippen molar-refractivity contribution in [3.8, 4) is 0 Å². The molecule has 0 aromatic heterocycles. The van der Waals surface area contributed by atoms with Crippen LogP contribution in [0.3, 0.4) is 0 Å². The third kappa shape index (κ3) is 6.16. The molecule has 0 saturated carbocycles. The first kappa shape index (κ1) is 19.4. The van der Waals surface area contributed by atoms with Gasteiger partial charge in [-0.1, -0.05) is 48.0 Å². The summed E-state index contributed by atoms with van der Waals surface area (Å²) >= 11 is 0. The number of aryl methyl sites for hydroxylation is 2. The minimum Gasteiger partial charge on any atom is -0.460 e. The molecule has 1 amide bonds. The fourth-order valence-corrected chi connectivity index (χ4v) is 2.45. The van der Waals surface area contributed by atoms with Crippen LogP contribution in [0.25, 0.3) is 0 Å². The summed E-state index contributed by atoms with van der Waals surface area (Å²) in [7, 11) is 0. The lowest BCUT2D eigenvalue weighted by Gasteiger charge is -2.08. The summed E-state index contributed by atoms with van der Waals surface area (Å²) < 4.78 is 5.08. The van der Waals surface area contributed by atoms with Gasteiger partial charge in [-0.05, 0) is 31.0 Å². The molecule has 5 nitrogen and oxygen atoms in total. The van der Waals surface area contributed by atoms with Crippen molar-refractivity contribution >= 4 is 17.7 Å². The van der Waals surface area contributed by atoms with Crippen LogP contribution >= 0.6 is 0 Å². The lowest BCUT2D eigenvalue weighted by Crippen LogP contribution is -2.30. The van der Waals surface area contributed by atoms with Gasteiger partial charge in [0.2, 0.25) is 5.91 Å². The lowest BCUT2D eigenvalue weighted by atomic mass is 9.99. The first-order valence-corrected chi connectivity index (χ1v) is 8.52. The Morgan fingerprint density at radius 1 is 0.962 bits per heavy atom. The highest BCUT2D eigenvalue weighted by Gasteiger charge is 2.13. The Kier molecular flexibility index (Phi) is 7.09. The van der Waals surface area contributed by atoms with Crippen LogP contribution in [0.4, 0.5) is 0 Å². The Hall–Kier alpha value is -2.95. The van der Waals surface area contributed by atoms with E-state index in [0.29, 0.717) is 5.56 Å². The number of amides is 1. The maximum atomic E-state index is 12.2. The molecule has 1 N–H and O–H groups in total. The molecule has 0 spiro atoms. The van der Waals surface area contributed by atoms with E-state index in [1.807, 2.05) is 62.4 Å². The first-order valence-electron chi connectivity index (χ1n) is 8.52. The molecule has 0 bridgehead atoms. The molecular formula is C21H23NO4. The zero-order valence-corrected chi connectivity index (χ0v) is 15.1. The number of benzene rings is 2. The standard InChI is InChI=1S/C21H23NO4/c1-15-8-9-16(2)18(12-15)19(23)10-11-20(24)22-13-21(25)26-14-17-6-4-3-5-7-17/h3-9,12H,10-11,13-14H2,1-2H3,(H,22,24). The maximum absolute atomic E-state index is 12.2. The van der Waals surface area contributed by atoms with Gasteiger partial charge in [0.25, 0.3) is 0 Å². The van der Waals surface area contributed by atoms with E-state index in [0.717, 1.165) is 16.7 Å². The van der Waals surface area contributed by atoms with Gasteiger partial charge in [0, 0.05) is 18.4 Å². The van der Waals surface area contributed by atoms with Crippen LogP contribution in [0, 0.1) is 13.8 Å². The van der Waals surface area contributed by atoms with E-state index < -0.39 is 5.97 Å². The van der Waals surface area contributed by atoms with Crippen molar-refractivity contribution in [1.82, 2.24) is 5.32 Å². The van der Waals surface area contributed by atoms with Gasteiger partial charge in [-0.25, -0.2) is 0 Å². The quantitative estimate of drug-likeness (QED) is 0.585. The van der Waals surface area contributed by atoms with E-state index in [-0.39, 0.29) is 37.7 Å². The third-order valence-electron chi connectivity index (χ3n) is 3.95. The normalized spacial score (nSPS) is 10.2. The number of hydrogen-bond donors (Lipinski definition) is 1. The zero-order chi connectivity index (χ0) is 18.9. The number of nitrogens with one attached hydrogen (secondary N) is 1. The van der Waals surface area contributed by atoms with Crippen LogP contribution < -0.4 is 5.32 Å². The molecule has 0 heterocycles. The van der Waals surface area contributed by atoms with Crippen molar-refractivity contribution in [2.24, 2.45) is 0 Å². The Bertz CT molecular complexity index is 784. The average molecular weight is 353 g/mol. The highest BCUT2D eigenvalue weighted by Crippen LogP contribution is 2.13. The van der Waals surface area contributed by atoms with Crippen LogP contribution in [0.5, 0.6) is 0 Å². The predicted octanol–water partition coefficient (Wildman–Crippen LogP) is 3.13. The highest BCUT2D eigenvalue weighted by atomic mass is 16.5. The van der Waals surface area contributed by atoms with Gasteiger partial charge in [0.05, 0.1) is 0 Å². The summed E-state index contributed by atoms with van der Waals surface area (Å²) in [6.45, 7) is 3.75. The van der Waals surface area contributed by atoms with Crippen LogP contribution in [0.2, 0.25) is 0 Å². The highest BCUT2D eigenvalue weighted by molar-refractivity contribution is 5.99. The predicted molar refractivity (Wildman–Crippen MR) is 98.7 cm³/mol. The largest absolute Gasteiger partial charge is 0.460 e. The van der Waals surface area contributed by atoms with Gasteiger partial charge < -0.3 is 10.1 Å². The van der Waals surface area contributed by atoms with Gasteiger partial charge >= 0.3 is 5.97 Å². The van der Waals surface area contributed by atoms with E-state index in [1.54, 1.807) is 0 Å². The summed E-state index contributed by atoms with van der Waals surface area (Å²) in [6.07, 6.45) is 0.146. The number of ketones is 1. The zero-order valence-electron chi connectivity index (χ0n) is 15.1. The Morgan fingerprint density at radius 3 is 2.42 bits per heavy atom. The number of ether oxygens (including phenoxy) is 1. The van der Waals surface area contributed by atoms with Gasteiger partial charge in [-0.2, -0.15) is 0 Å². The Labute approximate surface area is 153 Å². The molecule has 2 rings (SSSR count). The molecule has 26 heavy (non-hydrogen) atoms. The molecule has 2 aromatic carbocycles. The van der Waals surface area contributed by atoms with Gasteiger partial charge in [0.1, 0.15) is 13.2 Å². The number of esters is 1. The second kappa shape index (κ2) is 9.51. The molecule has 5 heteroatoms. The third-order valence-corrected chi connectivity index (χ3v) is 3.95. The van der Waals surface area contributed by atoms with Crippen LogP contribution in [-0.4, -0.2) is 24.2 Å². The summed E-state index contributed by atoms with van der Waals surface area (Å²) in [5.74, 6) is -0.934.